The number of furan rings is 1. The average Bonchev–Trinajstić information content (AvgIpc) is 3.49. The number of fused-ring (bicyclic) bond motifs is 6. The Bertz CT molecular complexity index is 1720. The van der Waals surface area contributed by atoms with E-state index in [-0.39, 0.29) is 23.5 Å². The standard InChI is InChI=1S/C32H26O7/c1-35-25-14-27-21(23-16-37-26-12-19(33)8-9-20(26)32(23)39-27)10-18(25)11-30-31(17-6-4-3-5-7-17)22-13-24(34)29(36-2)15-28(22)38-30/h3-10,12-15,23,32-34H,11,16H2,1-2H3/t23-,32-/m1/s1. The Morgan fingerprint density at radius 3 is 2.46 bits per heavy atom. The van der Waals surface area contributed by atoms with Gasteiger partial charge in [0.25, 0.3) is 0 Å². The second kappa shape index (κ2) is 8.91. The van der Waals surface area contributed by atoms with E-state index in [9.17, 15) is 10.2 Å². The third kappa shape index (κ3) is 3.73. The zero-order valence-corrected chi connectivity index (χ0v) is 21.4. The topological polar surface area (TPSA) is 90.5 Å². The van der Waals surface area contributed by atoms with Gasteiger partial charge in [-0.3, -0.25) is 0 Å². The molecule has 0 amide bonds. The summed E-state index contributed by atoms with van der Waals surface area (Å²) in [6, 6.07) is 22.6. The summed E-state index contributed by atoms with van der Waals surface area (Å²) in [4.78, 5) is 0. The van der Waals surface area contributed by atoms with Crippen molar-refractivity contribution in [3.63, 3.8) is 0 Å². The van der Waals surface area contributed by atoms with Crippen molar-refractivity contribution in [1.82, 2.24) is 0 Å². The lowest BCUT2D eigenvalue weighted by molar-refractivity contribution is 0.139. The van der Waals surface area contributed by atoms with Crippen LogP contribution < -0.4 is 18.9 Å². The van der Waals surface area contributed by atoms with E-state index in [2.05, 4.69) is 6.07 Å². The number of aromatic hydroxyl groups is 2. The van der Waals surface area contributed by atoms with Gasteiger partial charge in [-0.2, -0.15) is 0 Å². The summed E-state index contributed by atoms with van der Waals surface area (Å²) in [6.07, 6.45) is 0.257. The molecule has 0 aliphatic carbocycles. The molecule has 2 aliphatic rings. The van der Waals surface area contributed by atoms with Crippen LogP contribution >= 0.6 is 0 Å². The van der Waals surface area contributed by atoms with Gasteiger partial charge in [0.15, 0.2) is 11.5 Å². The van der Waals surface area contributed by atoms with Gasteiger partial charge in [0.05, 0.1) is 26.7 Å². The van der Waals surface area contributed by atoms with E-state index in [0.29, 0.717) is 35.9 Å². The molecule has 0 saturated heterocycles. The Morgan fingerprint density at radius 1 is 0.846 bits per heavy atom. The van der Waals surface area contributed by atoms with Gasteiger partial charge >= 0.3 is 0 Å². The summed E-state index contributed by atoms with van der Waals surface area (Å²) in [5.41, 5.74) is 5.44. The van der Waals surface area contributed by atoms with E-state index >= 15 is 0 Å². The van der Waals surface area contributed by atoms with Crippen molar-refractivity contribution < 1.29 is 33.6 Å². The normalized spacial score (nSPS) is 17.1. The molecule has 0 spiro atoms. The molecule has 2 atom stereocenters. The molecule has 7 rings (SSSR count). The molecule has 0 bridgehead atoms. The SMILES string of the molecule is COc1cc2oc(Cc3cc4c(cc3OC)O[C@@H]3c5ccc(O)cc5OC[C@H]43)c(-c3ccccc3)c2cc1O. The molecule has 3 heterocycles. The quantitative estimate of drug-likeness (QED) is 0.265. The molecule has 7 nitrogen and oxygen atoms in total. The predicted octanol–water partition coefficient (Wildman–Crippen LogP) is 6.73. The predicted molar refractivity (Wildman–Crippen MR) is 145 cm³/mol. The first-order chi connectivity index (χ1) is 19.0. The highest BCUT2D eigenvalue weighted by Crippen LogP contribution is 2.53. The highest BCUT2D eigenvalue weighted by molar-refractivity contribution is 5.97. The van der Waals surface area contributed by atoms with Crippen LogP contribution in [0, 0.1) is 0 Å². The van der Waals surface area contributed by atoms with Crippen molar-refractivity contribution in [1.29, 1.82) is 0 Å². The van der Waals surface area contributed by atoms with E-state index in [1.807, 2.05) is 42.5 Å². The van der Waals surface area contributed by atoms with Crippen molar-refractivity contribution in [3.05, 3.63) is 95.2 Å². The van der Waals surface area contributed by atoms with Gasteiger partial charge in [0.1, 0.15) is 40.4 Å². The van der Waals surface area contributed by atoms with E-state index in [4.69, 9.17) is 23.4 Å². The number of ether oxygens (including phenoxy) is 4. The molecule has 2 aliphatic heterocycles. The van der Waals surface area contributed by atoms with Gasteiger partial charge in [-0.25, -0.2) is 0 Å². The summed E-state index contributed by atoms with van der Waals surface area (Å²) in [7, 11) is 3.16. The van der Waals surface area contributed by atoms with Gasteiger partial charge in [-0.1, -0.05) is 30.3 Å². The lowest BCUT2D eigenvalue weighted by Gasteiger charge is -2.27. The minimum absolute atomic E-state index is 0.00664. The second-order valence-corrected chi connectivity index (χ2v) is 9.84. The van der Waals surface area contributed by atoms with E-state index in [0.717, 1.165) is 44.7 Å². The molecule has 0 saturated carbocycles. The van der Waals surface area contributed by atoms with Crippen LogP contribution in [0.15, 0.2) is 77.2 Å². The van der Waals surface area contributed by atoms with E-state index in [1.165, 1.54) is 7.11 Å². The highest BCUT2D eigenvalue weighted by Gasteiger charge is 2.41. The molecule has 0 unspecified atom stereocenters. The van der Waals surface area contributed by atoms with Crippen LogP contribution in [0.4, 0.5) is 0 Å². The third-order valence-corrected chi connectivity index (χ3v) is 7.63. The fraction of sp³-hybridized carbons (Fsp3) is 0.188. The fourth-order valence-electron chi connectivity index (χ4n) is 5.79. The second-order valence-electron chi connectivity index (χ2n) is 9.84. The number of hydrogen-bond acceptors (Lipinski definition) is 7. The average molecular weight is 523 g/mol. The molecule has 196 valence electrons. The van der Waals surface area contributed by atoms with Crippen molar-refractivity contribution in [2.75, 3.05) is 20.8 Å². The first kappa shape index (κ1) is 23.3. The zero-order chi connectivity index (χ0) is 26.7. The third-order valence-electron chi connectivity index (χ3n) is 7.63. The van der Waals surface area contributed by atoms with Crippen molar-refractivity contribution >= 4 is 11.0 Å². The number of rotatable bonds is 5. The Labute approximate surface area is 224 Å². The monoisotopic (exact) mass is 522 g/mol. The number of methoxy groups -OCH3 is 2. The molecule has 39 heavy (non-hydrogen) atoms. The van der Waals surface area contributed by atoms with Gasteiger partial charge in [-0.15, -0.1) is 0 Å². The zero-order valence-electron chi connectivity index (χ0n) is 21.4. The Kier molecular flexibility index (Phi) is 5.33. The molecular weight excluding hydrogens is 496 g/mol. The number of phenolic OH excluding ortho intramolecular Hbond substituents is 2. The van der Waals surface area contributed by atoms with Crippen LogP contribution in [0.1, 0.15) is 34.5 Å². The summed E-state index contributed by atoms with van der Waals surface area (Å²) >= 11 is 0. The van der Waals surface area contributed by atoms with Crippen LogP contribution in [0.3, 0.4) is 0 Å². The Balaban J connectivity index is 1.33. The number of benzene rings is 4. The van der Waals surface area contributed by atoms with Crippen molar-refractivity contribution in [2.45, 2.75) is 18.4 Å². The minimum Gasteiger partial charge on any atom is -0.508 e. The first-order valence-corrected chi connectivity index (χ1v) is 12.7. The maximum Gasteiger partial charge on any atom is 0.164 e. The maximum atomic E-state index is 10.5. The Hall–Kier alpha value is -4.78. The van der Waals surface area contributed by atoms with Crippen LogP contribution in [0.2, 0.25) is 0 Å². The van der Waals surface area contributed by atoms with Crippen molar-refractivity contribution in [2.24, 2.45) is 0 Å². The smallest absolute Gasteiger partial charge is 0.164 e. The summed E-state index contributed by atoms with van der Waals surface area (Å²) in [5, 5.41) is 21.2. The first-order valence-electron chi connectivity index (χ1n) is 12.7. The molecule has 0 radical (unpaired) electrons. The minimum atomic E-state index is -0.203. The molecule has 2 N–H and O–H groups in total. The van der Waals surface area contributed by atoms with E-state index in [1.54, 1.807) is 31.4 Å². The number of hydrogen-bond donors (Lipinski definition) is 2. The summed E-state index contributed by atoms with van der Waals surface area (Å²) < 4.78 is 30.0. The molecular formula is C32H26O7. The summed E-state index contributed by atoms with van der Waals surface area (Å²) in [6.45, 7) is 0.443. The van der Waals surface area contributed by atoms with Crippen molar-refractivity contribution in [3.8, 4) is 45.6 Å². The van der Waals surface area contributed by atoms with Gasteiger partial charge < -0.3 is 33.6 Å². The number of phenols is 2. The van der Waals surface area contributed by atoms with Crippen LogP contribution in [-0.4, -0.2) is 31.0 Å². The van der Waals surface area contributed by atoms with Crippen LogP contribution in [0.5, 0.6) is 34.5 Å². The molecule has 7 heteroatoms. The molecule has 1 aromatic heterocycles. The van der Waals surface area contributed by atoms with Crippen LogP contribution in [-0.2, 0) is 6.42 Å². The molecule has 4 aromatic carbocycles. The molecule has 5 aromatic rings. The lowest BCUT2D eigenvalue weighted by Crippen LogP contribution is -2.23. The summed E-state index contributed by atoms with van der Waals surface area (Å²) in [5.74, 6) is 3.43. The molecule has 0 fully saturated rings. The van der Waals surface area contributed by atoms with Gasteiger partial charge in [-0.05, 0) is 29.8 Å². The largest absolute Gasteiger partial charge is 0.508 e. The van der Waals surface area contributed by atoms with Crippen LogP contribution in [0.25, 0.3) is 22.1 Å². The maximum absolute atomic E-state index is 10.5. The highest BCUT2D eigenvalue weighted by atomic mass is 16.5. The fourth-order valence-corrected chi connectivity index (χ4v) is 5.79. The Morgan fingerprint density at radius 2 is 1.67 bits per heavy atom. The van der Waals surface area contributed by atoms with Gasteiger partial charge in [0.2, 0.25) is 0 Å². The van der Waals surface area contributed by atoms with Gasteiger partial charge in [0, 0.05) is 52.3 Å². The lowest BCUT2D eigenvalue weighted by atomic mass is 9.88. The van der Waals surface area contributed by atoms with E-state index < -0.39 is 0 Å².